The highest BCUT2D eigenvalue weighted by molar-refractivity contribution is 8.00. The number of carbonyl (C=O) groups excluding carboxylic acids is 1. The highest BCUT2D eigenvalue weighted by Crippen LogP contribution is 2.21. The van der Waals surface area contributed by atoms with Gasteiger partial charge in [0.2, 0.25) is 0 Å². The summed E-state index contributed by atoms with van der Waals surface area (Å²) < 4.78 is 4.55. The SMILES string of the molecule is CCCCCCCCCCC/C=C\[C@@H](SCCNC(=O)OC)[C@@H](O)CCCC(=O)O. The van der Waals surface area contributed by atoms with Gasteiger partial charge in [-0.3, -0.25) is 4.79 Å². The Bertz CT molecular complexity index is 459. The molecule has 0 aromatic rings. The first-order valence-electron chi connectivity index (χ1n) is 11.5. The van der Waals surface area contributed by atoms with Gasteiger partial charge in [-0.2, -0.15) is 0 Å². The van der Waals surface area contributed by atoms with Crippen molar-refractivity contribution in [2.45, 2.75) is 102 Å². The van der Waals surface area contributed by atoms with Crippen molar-refractivity contribution >= 4 is 23.8 Å². The van der Waals surface area contributed by atoms with Gasteiger partial charge in [0.25, 0.3) is 0 Å². The molecule has 176 valence electrons. The number of aliphatic carboxylic acids is 1. The highest BCUT2D eigenvalue weighted by atomic mass is 32.2. The van der Waals surface area contributed by atoms with Crippen molar-refractivity contribution in [2.24, 2.45) is 0 Å². The summed E-state index contributed by atoms with van der Waals surface area (Å²) in [6.45, 7) is 2.70. The Hall–Kier alpha value is -1.21. The molecule has 30 heavy (non-hydrogen) atoms. The van der Waals surface area contributed by atoms with Crippen LogP contribution in [0.5, 0.6) is 0 Å². The maximum Gasteiger partial charge on any atom is 0.406 e. The molecule has 0 aliphatic carbocycles. The minimum atomic E-state index is -0.838. The summed E-state index contributed by atoms with van der Waals surface area (Å²) in [6.07, 6.45) is 16.8. The first-order chi connectivity index (χ1) is 14.5. The van der Waals surface area contributed by atoms with Crippen LogP contribution in [0.25, 0.3) is 0 Å². The smallest absolute Gasteiger partial charge is 0.406 e. The van der Waals surface area contributed by atoms with Crippen LogP contribution in [0.15, 0.2) is 12.2 Å². The maximum absolute atomic E-state index is 11.1. The van der Waals surface area contributed by atoms with Crippen LogP contribution in [0.4, 0.5) is 4.79 Å². The monoisotopic (exact) mass is 445 g/mol. The molecule has 0 unspecified atom stereocenters. The van der Waals surface area contributed by atoms with Gasteiger partial charge >= 0.3 is 12.1 Å². The third-order valence-corrected chi connectivity index (χ3v) is 6.23. The average molecular weight is 446 g/mol. The second-order valence-corrected chi connectivity index (χ2v) is 8.94. The van der Waals surface area contributed by atoms with Crippen LogP contribution in [0, 0.1) is 0 Å². The Kier molecular flexibility index (Phi) is 20.2. The van der Waals surface area contributed by atoms with Crippen molar-refractivity contribution in [3.63, 3.8) is 0 Å². The van der Waals surface area contributed by atoms with E-state index in [1.54, 1.807) is 11.8 Å². The zero-order valence-electron chi connectivity index (χ0n) is 18.9. The van der Waals surface area contributed by atoms with E-state index in [1.807, 2.05) is 6.08 Å². The number of hydrogen-bond acceptors (Lipinski definition) is 5. The van der Waals surface area contributed by atoms with Crippen LogP contribution in [-0.4, -0.2) is 53.0 Å². The fourth-order valence-corrected chi connectivity index (χ4v) is 4.22. The Morgan fingerprint density at radius 1 is 1.03 bits per heavy atom. The minimum absolute atomic E-state index is 0.0699. The first kappa shape index (κ1) is 28.8. The van der Waals surface area contributed by atoms with E-state index in [0.29, 0.717) is 25.1 Å². The number of amides is 1. The molecule has 0 aliphatic rings. The van der Waals surface area contributed by atoms with E-state index in [2.05, 4.69) is 23.1 Å². The molecule has 0 rings (SSSR count). The fourth-order valence-electron chi connectivity index (χ4n) is 3.15. The van der Waals surface area contributed by atoms with Crippen LogP contribution in [0.3, 0.4) is 0 Å². The number of thioether (sulfide) groups is 1. The molecule has 6 nitrogen and oxygen atoms in total. The standard InChI is InChI=1S/C23H43NO5S/c1-3-4-5-6-7-8-9-10-11-12-13-16-21(20(25)15-14-17-22(26)27)30-19-18-24-23(28)29-2/h13,16,20-21,25H,3-12,14-15,17-19H2,1-2H3,(H,24,28)(H,26,27)/b16-13-/t20-,21+/m0/s1. The number of nitrogens with one attached hydrogen (secondary N) is 1. The summed E-state index contributed by atoms with van der Waals surface area (Å²) in [5.74, 6) is -0.187. The molecule has 0 bridgehead atoms. The van der Waals surface area contributed by atoms with Crippen LogP contribution >= 0.6 is 11.8 Å². The maximum atomic E-state index is 11.1. The topological polar surface area (TPSA) is 95.9 Å². The molecule has 0 saturated heterocycles. The lowest BCUT2D eigenvalue weighted by molar-refractivity contribution is -0.137. The van der Waals surface area contributed by atoms with Crippen molar-refractivity contribution in [1.82, 2.24) is 5.32 Å². The Labute approximate surface area is 187 Å². The molecule has 0 aliphatic heterocycles. The van der Waals surface area contributed by atoms with Crippen LogP contribution < -0.4 is 5.32 Å². The molecule has 3 N–H and O–H groups in total. The molecule has 0 saturated carbocycles. The van der Waals surface area contributed by atoms with Gasteiger partial charge in [0, 0.05) is 24.0 Å². The van der Waals surface area contributed by atoms with E-state index in [1.165, 1.54) is 58.5 Å². The van der Waals surface area contributed by atoms with E-state index in [0.717, 1.165) is 12.8 Å². The van der Waals surface area contributed by atoms with Crippen LogP contribution in [-0.2, 0) is 9.53 Å². The molecule has 0 heterocycles. The Morgan fingerprint density at radius 2 is 1.67 bits per heavy atom. The predicted octanol–water partition coefficient (Wildman–Crippen LogP) is 5.54. The summed E-state index contributed by atoms with van der Waals surface area (Å²) in [7, 11) is 1.33. The lowest BCUT2D eigenvalue weighted by Gasteiger charge is -2.19. The number of aliphatic hydroxyl groups is 1. The van der Waals surface area contributed by atoms with Gasteiger partial charge in [-0.1, -0.05) is 70.4 Å². The first-order valence-corrected chi connectivity index (χ1v) is 12.6. The third kappa shape index (κ3) is 18.8. The summed E-state index contributed by atoms with van der Waals surface area (Å²) in [5, 5.41) is 21.8. The normalized spacial score (nSPS) is 13.3. The van der Waals surface area contributed by atoms with Gasteiger partial charge in [-0.25, -0.2) is 4.79 Å². The zero-order valence-corrected chi connectivity index (χ0v) is 19.8. The van der Waals surface area contributed by atoms with E-state index < -0.39 is 18.2 Å². The van der Waals surface area contributed by atoms with Crippen molar-refractivity contribution < 1.29 is 24.5 Å². The van der Waals surface area contributed by atoms with Crippen LogP contribution in [0.2, 0.25) is 0 Å². The summed E-state index contributed by atoms with van der Waals surface area (Å²) in [6, 6.07) is 0. The van der Waals surface area contributed by atoms with Gasteiger partial charge < -0.3 is 20.3 Å². The number of rotatable bonds is 20. The van der Waals surface area contributed by atoms with Gasteiger partial charge in [0.1, 0.15) is 0 Å². The van der Waals surface area contributed by atoms with Gasteiger partial charge in [-0.15, -0.1) is 11.8 Å². The van der Waals surface area contributed by atoms with E-state index in [-0.39, 0.29) is 11.7 Å². The van der Waals surface area contributed by atoms with E-state index in [9.17, 15) is 14.7 Å². The molecule has 0 aromatic heterocycles. The third-order valence-electron chi connectivity index (χ3n) is 4.94. The second kappa shape index (κ2) is 21.0. The molecule has 0 fully saturated rings. The van der Waals surface area contributed by atoms with E-state index in [4.69, 9.17) is 5.11 Å². The van der Waals surface area contributed by atoms with Crippen LogP contribution in [0.1, 0.15) is 90.4 Å². The van der Waals surface area contributed by atoms with Crippen molar-refractivity contribution in [1.29, 1.82) is 0 Å². The van der Waals surface area contributed by atoms with Crippen molar-refractivity contribution in [3.8, 4) is 0 Å². The number of hydrogen-bond donors (Lipinski definition) is 3. The zero-order chi connectivity index (χ0) is 22.5. The number of carboxylic acid groups (broad SMARTS) is 1. The lowest BCUT2D eigenvalue weighted by Crippen LogP contribution is -2.27. The number of carboxylic acids is 1. The molecule has 1 amide bonds. The molecular formula is C23H43NO5S. The van der Waals surface area contributed by atoms with E-state index >= 15 is 0 Å². The molecule has 7 heteroatoms. The Morgan fingerprint density at radius 3 is 2.27 bits per heavy atom. The van der Waals surface area contributed by atoms with Gasteiger partial charge in [0.05, 0.1) is 13.2 Å². The van der Waals surface area contributed by atoms with Crippen molar-refractivity contribution in [3.05, 3.63) is 12.2 Å². The van der Waals surface area contributed by atoms with Gasteiger partial charge in [-0.05, 0) is 25.7 Å². The fraction of sp³-hybridized carbons (Fsp3) is 0.826. The number of ether oxygens (including phenoxy) is 1. The predicted molar refractivity (Wildman–Crippen MR) is 125 cm³/mol. The van der Waals surface area contributed by atoms with Gasteiger partial charge in [0.15, 0.2) is 0 Å². The number of methoxy groups -OCH3 is 1. The minimum Gasteiger partial charge on any atom is -0.481 e. The Balaban J connectivity index is 4.13. The average Bonchev–Trinajstić information content (AvgIpc) is 2.72. The quantitative estimate of drug-likeness (QED) is 0.168. The second-order valence-electron chi connectivity index (χ2n) is 7.65. The molecule has 0 aromatic carbocycles. The molecule has 0 radical (unpaired) electrons. The number of aliphatic hydroxyl groups excluding tert-OH is 1. The van der Waals surface area contributed by atoms with Crippen molar-refractivity contribution in [2.75, 3.05) is 19.4 Å². The highest BCUT2D eigenvalue weighted by Gasteiger charge is 2.17. The number of allylic oxidation sites excluding steroid dienone is 1. The number of carbonyl (C=O) groups is 2. The summed E-state index contributed by atoms with van der Waals surface area (Å²) >= 11 is 1.57. The summed E-state index contributed by atoms with van der Waals surface area (Å²) in [5.41, 5.74) is 0. The molecular weight excluding hydrogens is 402 g/mol. The molecule has 0 spiro atoms. The lowest BCUT2D eigenvalue weighted by atomic mass is 10.1. The number of unbranched alkanes of at least 4 members (excludes halogenated alkanes) is 9. The summed E-state index contributed by atoms with van der Waals surface area (Å²) in [4.78, 5) is 21.8. The molecule has 2 atom stereocenters. The largest absolute Gasteiger partial charge is 0.481 e. The number of alkyl carbamates (subject to hydrolysis) is 1.